The number of ether oxygens (including phenoxy) is 2. The average molecular weight is 413 g/mol. The van der Waals surface area contributed by atoms with Crippen molar-refractivity contribution in [2.45, 2.75) is 25.3 Å². The SMILES string of the molecule is COc1ccc(NC(=O)C2CSCN2C(=O)COc2ccc3c(c2)CCC3)cc1. The highest BCUT2D eigenvalue weighted by Crippen LogP contribution is 2.27. The predicted octanol–water partition coefficient (Wildman–Crippen LogP) is 3.10. The third-order valence-corrected chi connectivity index (χ3v) is 6.31. The predicted molar refractivity (Wildman–Crippen MR) is 114 cm³/mol. The summed E-state index contributed by atoms with van der Waals surface area (Å²) in [4.78, 5) is 27.0. The van der Waals surface area contributed by atoms with Crippen molar-refractivity contribution >= 4 is 29.3 Å². The molecule has 2 aliphatic rings. The number of aryl methyl sites for hydroxylation is 2. The molecule has 1 aliphatic heterocycles. The van der Waals surface area contributed by atoms with Crippen LogP contribution in [-0.2, 0) is 22.4 Å². The second-order valence-electron chi connectivity index (χ2n) is 7.17. The quantitative estimate of drug-likeness (QED) is 0.790. The maximum absolute atomic E-state index is 12.7. The van der Waals surface area contributed by atoms with Crippen molar-refractivity contribution in [1.29, 1.82) is 0 Å². The molecule has 2 amide bonds. The zero-order valence-corrected chi connectivity index (χ0v) is 17.2. The number of anilines is 1. The lowest BCUT2D eigenvalue weighted by Gasteiger charge is -2.23. The number of rotatable bonds is 6. The van der Waals surface area contributed by atoms with Gasteiger partial charge in [-0.05, 0) is 66.8 Å². The van der Waals surface area contributed by atoms with Crippen molar-refractivity contribution in [3.05, 3.63) is 53.6 Å². The number of carbonyl (C=O) groups is 2. The van der Waals surface area contributed by atoms with Crippen LogP contribution in [0.15, 0.2) is 42.5 Å². The van der Waals surface area contributed by atoms with E-state index in [0.29, 0.717) is 23.1 Å². The Morgan fingerprint density at radius 1 is 1.10 bits per heavy atom. The van der Waals surface area contributed by atoms with Crippen LogP contribution in [0.3, 0.4) is 0 Å². The van der Waals surface area contributed by atoms with Crippen LogP contribution in [0, 0.1) is 0 Å². The summed E-state index contributed by atoms with van der Waals surface area (Å²) in [5.74, 6) is 2.14. The van der Waals surface area contributed by atoms with E-state index in [4.69, 9.17) is 9.47 Å². The van der Waals surface area contributed by atoms with Crippen LogP contribution in [0.2, 0.25) is 0 Å². The number of amides is 2. The lowest BCUT2D eigenvalue weighted by molar-refractivity contribution is -0.137. The lowest BCUT2D eigenvalue weighted by Crippen LogP contribution is -2.46. The molecule has 0 aromatic heterocycles. The van der Waals surface area contributed by atoms with Gasteiger partial charge in [-0.25, -0.2) is 0 Å². The van der Waals surface area contributed by atoms with E-state index in [1.165, 1.54) is 17.5 Å². The van der Waals surface area contributed by atoms with Crippen molar-refractivity contribution in [3.63, 3.8) is 0 Å². The molecule has 7 heteroatoms. The van der Waals surface area contributed by atoms with Gasteiger partial charge in [0.05, 0.1) is 13.0 Å². The summed E-state index contributed by atoms with van der Waals surface area (Å²) in [7, 11) is 1.59. The normalized spacial score (nSPS) is 17.7. The second-order valence-corrected chi connectivity index (χ2v) is 8.17. The Morgan fingerprint density at radius 3 is 2.66 bits per heavy atom. The van der Waals surface area contributed by atoms with Crippen molar-refractivity contribution in [2.24, 2.45) is 0 Å². The minimum Gasteiger partial charge on any atom is -0.497 e. The number of hydrogen-bond donors (Lipinski definition) is 1. The van der Waals surface area contributed by atoms with Gasteiger partial charge in [0.1, 0.15) is 17.5 Å². The summed E-state index contributed by atoms with van der Waals surface area (Å²) >= 11 is 1.57. The van der Waals surface area contributed by atoms with Crippen molar-refractivity contribution < 1.29 is 19.1 Å². The summed E-state index contributed by atoms with van der Waals surface area (Å²) in [6.07, 6.45) is 3.36. The van der Waals surface area contributed by atoms with Crippen LogP contribution in [0.5, 0.6) is 11.5 Å². The summed E-state index contributed by atoms with van der Waals surface area (Å²) in [5.41, 5.74) is 3.35. The average Bonchev–Trinajstić information content (AvgIpc) is 3.41. The van der Waals surface area contributed by atoms with Crippen LogP contribution in [-0.4, -0.2) is 48.1 Å². The summed E-state index contributed by atoms with van der Waals surface area (Å²) in [5, 5.41) is 2.88. The van der Waals surface area contributed by atoms with Gasteiger partial charge in [-0.1, -0.05) is 6.07 Å². The first-order chi connectivity index (χ1) is 14.1. The zero-order valence-electron chi connectivity index (χ0n) is 16.3. The Kier molecular flexibility index (Phi) is 5.94. The number of thioether (sulfide) groups is 1. The molecule has 0 radical (unpaired) electrons. The van der Waals surface area contributed by atoms with E-state index in [0.717, 1.165) is 18.6 Å². The molecule has 1 unspecified atom stereocenters. The molecule has 0 spiro atoms. The van der Waals surface area contributed by atoms with Gasteiger partial charge >= 0.3 is 0 Å². The fraction of sp³-hybridized carbons (Fsp3) is 0.364. The number of nitrogens with zero attached hydrogens (tertiary/aromatic N) is 1. The van der Waals surface area contributed by atoms with Gasteiger partial charge < -0.3 is 19.7 Å². The van der Waals surface area contributed by atoms with E-state index in [9.17, 15) is 9.59 Å². The smallest absolute Gasteiger partial charge is 0.261 e. The molecule has 2 aromatic rings. The third-order valence-electron chi connectivity index (χ3n) is 5.30. The molecular formula is C22H24N2O4S. The largest absolute Gasteiger partial charge is 0.497 e. The molecule has 6 nitrogen and oxygen atoms in total. The summed E-state index contributed by atoms with van der Waals surface area (Å²) in [6.45, 7) is -0.0638. The molecule has 1 heterocycles. The topological polar surface area (TPSA) is 67.9 Å². The fourth-order valence-electron chi connectivity index (χ4n) is 3.67. The molecule has 0 saturated carbocycles. The van der Waals surface area contributed by atoms with E-state index in [1.807, 2.05) is 12.1 Å². The minimum absolute atomic E-state index is 0.0638. The van der Waals surface area contributed by atoms with E-state index in [2.05, 4.69) is 11.4 Å². The molecular weight excluding hydrogens is 388 g/mol. The molecule has 1 aliphatic carbocycles. The first-order valence-corrected chi connectivity index (χ1v) is 10.9. The van der Waals surface area contributed by atoms with Crippen LogP contribution in [0.4, 0.5) is 5.69 Å². The highest BCUT2D eigenvalue weighted by atomic mass is 32.2. The fourth-order valence-corrected chi connectivity index (χ4v) is 4.85. The van der Waals surface area contributed by atoms with Crippen molar-refractivity contribution in [1.82, 2.24) is 4.90 Å². The maximum atomic E-state index is 12.7. The third kappa shape index (κ3) is 4.50. The Hall–Kier alpha value is -2.67. The molecule has 1 atom stereocenters. The van der Waals surface area contributed by atoms with Gasteiger partial charge in [0, 0.05) is 11.4 Å². The van der Waals surface area contributed by atoms with Crippen LogP contribution in [0.25, 0.3) is 0 Å². The highest BCUT2D eigenvalue weighted by molar-refractivity contribution is 7.99. The van der Waals surface area contributed by atoms with E-state index in [-0.39, 0.29) is 18.4 Å². The molecule has 1 fully saturated rings. The minimum atomic E-state index is -0.502. The van der Waals surface area contributed by atoms with Gasteiger partial charge in [-0.15, -0.1) is 11.8 Å². The van der Waals surface area contributed by atoms with Crippen LogP contribution >= 0.6 is 11.8 Å². The Balaban J connectivity index is 1.34. The first kappa shape index (κ1) is 19.6. The molecule has 1 N–H and O–H groups in total. The standard InChI is InChI=1S/C22H24N2O4S/c1-27-18-9-6-17(7-10-18)23-22(26)20-13-29-14-24(20)21(25)12-28-19-8-5-15-3-2-4-16(15)11-19/h5-11,20H,2-4,12-14H2,1H3,(H,23,26). The summed E-state index contributed by atoms with van der Waals surface area (Å²) < 4.78 is 10.9. The maximum Gasteiger partial charge on any atom is 0.261 e. The number of methoxy groups -OCH3 is 1. The second kappa shape index (κ2) is 8.78. The van der Waals surface area contributed by atoms with Gasteiger partial charge in [0.15, 0.2) is 6.61 Å². The number of nitrogens with one attached hydrogen (secondary N) is 1. The monoisotopic (exact) mass is 412 g/mol. The number of hydrogen-bond acceptors (Lipinski definition) is 5. The van der Waals surface area contributed by atoms with Gasteiger partial charge in [0.2, 0.25) is 5.91 Å². The van der Waals surface area contributed by atoms with Crippen molar-refractivity contribution in [3.8, 4) is 11.5 Å². The molecule has 1 saturated heterocycles. The zero-order chi connectivity index (χ0) is 20.2. The van der Waals surface area contributed by atoms with E-state index >= 15 is 0 Å². The van der Waals surface area contributed by atoms with Gasteiger partial charge in [-0.2, -0.15) is 0 Å². The van der Waals surface area contributed by atoms with Crippen LogP contribution in [0.1, 0.15) is 17.5 Å². The molecule has 4 rings (SSSR count). The molecule has 2 aromatic carbocycles. The number of benzene rings is 2. The Bertz CT molecular complexity index is 900. The van der Waals surface area contributed by atoms with E-state index in [1.54, 1.807) is 48.0 Å². The lowest BCUT2D eigenvalue weighted by atomic mass is 10.1. The highest BCUT2D eigenvalue weighted by Gasteiger charge is 2.34. The first-order valence-electron chi connectivity index (χ1n) is 9.71. The molecule has 152 valence electrons. The van der Waals surface area contributed by atoms with Crippen molar-refractivity contribution in [2.75, 3.05) is 30.7 Å². The Labute approximate surface area is 174 Å². The molecule has 29 heavy (non-hydrogen) atoms. The van der Waals surface area contributed by atoms with E-state index < -0.39 is 6.04 Å². The van der Waals surface area contributed by atoms with Crippen LogP contribution < -0.4 is 14.8 Å². The number of fused-ring (bicyclic) bond motifs is 1. The number of carbonyl (C=O) groups excluding carboxylic acids is 2. The summed E-state index contributed by atoms with van der Waals surface area (Å²) in [6, 6.07) is 12.7. The molecule has 0 bridgehead atoms. The Morgan fingerprint density at radius 2 is 1.86 bits per heavy atom. The van der Waals surface area contributed by atoms with Gasteiger partial charge in [-0.3, -0.25) is 9.59 Å². The van der Waals surface area contributed by atoms with Gasteiger partial charge in [0.25, 0.3) is 5.91 Å².